The Bertz CT molecular complexity index is 898. The zero-order valence-corrected chi connectivity index (χ0v) is 19.7. The van der Waals surface area contributed by atoms with Crippen LogP contribution in [-0.4, -0.2) is 67.0 Å². The number of carbonyl (C=O) groups excluding carboxylic acids is 1. The summed E-state index contributed by atoms with van der Waals surface area (Å²) >= 11 is 0. The zero-order chi connectivity index (χ0) is 22.6. The van der Waals surface area contributed by atoms with E-state index >= 15 is 0 Å². The summed E-state index contributed by atoms with van der Waals surface area (Å²) in [6, 6.07) is 0. The first kappa shape index (κ1) is 23.7. The lowest BCUT2D eigenvalue weighted by Crippen LogP contribution is -2.42. The van der Waals surface area contributed by atoms with E-state index in [2.05, 4.69) is 16.0 Å². The number of hydrogen-bond donors (Lipinski definition) is 0. The first-order chi connectivity index (χ1) is 14.5. The van der Waals surface area contributed by atoms with E-state index in [-0.39, 0.29) is 17.2 Å². The van der Waals surface area contributed by atoms with E-state index in [1.807, 2.05) is 20.8 Å². The van der Waals surface area contributed by atoms with Gasteiger partial charge in [-0.05, 0) is 64.4 Å². The molecule has 31 heavy (non-hydrogen) atoms. The number of sulfone groups is 1. The molecule has 1 amide bonds. The molecule has 8 nitrogen and oxygen atoms in total. The van der Waals surface area contributed by atoms with Gasteiger partial charge in [0.2, 0.25) is 0 Å². The van der Waals surface area contributed by atoms with Gasteiger partial charge in [0.05, 0.1) is 24.2 Å². The van der Waals surface area contributed by atoms with Gasteiger partial charge >= 0.3 is 6.09 Å². The molecule has 3 rings (SSSR count). The molecule has 1 unspecified atom stereocenters. The fourth-order valence-corrected chi connectivity index (χ4v) is 4.24. The Labute approximate surface area is 185 Å². The number of nitrogens with zero attached hydrogens (tertiary/aromatic N) is 3. The van der Waals surface area contributed by atoms with Gasteiger partial charge in [-0.15, -0.1) is 0 Å². The number of allylic oxidation sites excluding steroid dienone is 1. The number of amides is 1. The standard InChI is InChI=1S/C22H33N3O5S/c1-22(2,3)30-21(26)25-11-9-16(10-12-25)15-29-18-7-5-17(6-8-18)19-13-24-20(14-23-19)31(4,27)28/h5,13-14,16,18H,6-12,15H2,1-4H3. The largest absolute Gasteiger partial charge is 0.444 e. The number of hydrogen-bond acceptors (Lipinski definition) is 7. The minimum atomic E-state index is -3.34. The van der Waals surface area contributed by atoms with Crippen molar-refractivity contribution in [3.05, 3.63) is 24.2 Å². The molecule has 0 saturated carbocycles. The van der Waals surface area contributed by atoms with Gasteiger partial charge in [-0.2, -0.15) is 0 Å². The highest BCUT2D eigenvalue weighted by Crippen LogP contribution is 2.28. The number of rotatable bonds is 5. The molecule has 1 aliphatic heterocycles. The Hall–Kier alpha value is -2.00. The van der Waals surface area contributed by atoms with E-state index in [9.17, 15) is 13.2 Å². The molecular formula is C22H33N3O5S. The van der Waals surface area contributed by atoms with Crippen molar-refractivity contribution >= 4 is 21.5 Å². The van der Waals surface area contributed by atoms with E-state index < -0.39 is 15.4 Å². The maximum absolute atomic E-state index is 12.2. The zero-order valence-electron chi connectivity index (χ0n) is 18.8. The Balaban J connectivity index is 1.42. The molecule has 172 valence electrons. The molecule has 1 fully saturated rings. The second-order valence-corrected chi connectivity index (χ2v) is 11.3. The maximum atomic E-state index is 12.2. The van der Waals surface area contributed by atoms with Crippen LogP contribution < -0.4 is 0 Å². The third-order valence-electron chi connectivity index (χ3n) is 5.53. The molecule has 1 aromatic heterocycles. The molecule has 1 aromatic rings. The molecule has 0 radical (unpaired) electrons. The molecule has 1 aliphatic carbocycles. The summed E-state index contributed by atoms with van der Waals surface area (Å²) in [7, 11) is -3.34. The summed E-state index contributed by atoms with van der Waals surface area (Å²) in [5, 5.41) is -0.00779. The van der Waals surface area contributed by atoms with Crippen LogP contribution in [0.15, 0.2) is 23.5 Å². The Morgan fingerprint density at radius 1 is 1.16 bits per heavy atom. The van der Waals surface area contributed by atoms with Crippen molar-refractivity contribution in [2.75, 3.05) is 26.0 Å². The van der Waals surface area contributed by atoms with Crippen molar-refractivity contribution in [1.29, 1.82) is 0 Å². The highest BCUT2D eigenvalue weighted by atomic mass is 32.2. The van der Waals surface area contributed by atoms with Crippen molar-refractivity contribution in [2.45, 2.75) is 69.6 Å². The normalized spacial score (nSPS) is 21.0. The lowest BCUT2D eigenvalue weighted by molar-refractivity contribution is -0.00378. The van der Waals surface area contributed by atoms with Gasteiger partial charge in [-0.1, -0.05) is 6.08 Å². The van der Waals surface area contributed by atoms with Gasteiger partial charge in [-0.25, -0.2) is 18.2 Å². The van der Waals surface area contributed by atoms with Crippen LogP contribution in [0.4, 0.5) is 4.79 Å². The van der Waals surface area contributed by atoms with Crippen LogP contribution in [0.1, 0.15) is 58.6 Å². The summed E-state index contributed by atoms with van der Waals surface area (Å²) in [5.74, 6) is 0.457. The summed E-state index contributed by atoms with van der Waals surface area (Å²) in [5.41, 5.74) is 1.34. The summed E-state index contributed by atoms with van der Waals surface area (Å²) in [6.45, 7) is 7.77. The van der Waals surface area contributed by atoms with Gasteiger partial charge in [-0.3, -0.25) is 4.98 Å². The van der Waals surface area contributed by atoms with Gasteiger partial charge < -0.3 is 14.4 Å². The first-order valence-electron chi connectivity index (χ1n) is 10.8. The quantitative estimate of drug-likeness (QED) is 0.676. The highest BCUT2D eigenvalue weighted by molar-refractivity contribution is 7.90. The molecule has 2 heterocycles. The van der Waals surface area contributed by atoms with E-state index in [0.29, 0.717) is 25.6 Å². The second-order valence-electron chi connectivity index (χ2n) is 9.38. The predicted octanol–water partition coefficient (Wildman–Crippen LogP) is 3.48. The first-order valence-corrected chi connectivity index (χ1v) is 12.7. The molecule has 1 saturated heterocycles. The van der Waals surface area contributed by atoms with Crippen molar-refractivity contribution in [2.24, 2.45) is 5.92 Å². The topological polar surface area (TPSA) is 98.7 Å². The Morgan fingerprint density at radius 2 is 1.87 bits per heavy atom. The second kappa shape index (κ2) is 9.65. The maximum Gasteiger partial charge on any atom is 0.410 e. The molecule has 0 spiro atoms. The third kappa shape index (κ3) is 7.00. The number of ether oxygens (including phenoxy) is 2. The van der Waals surface area contributed by atoms with Crippen LogP contribution in [0.2, 0.25) is 0 Å². The van der Waals surface area contributed by atoms with Gasteiger partial charge in [0.1, 0.15) is 5.60 Å². The number of likely N-dealkylation sites (tertiary alicyclic amines) is 1. The molecule has 0 aromatic carbocycles. The smallest absolute Gasteiger partial charge is 0.410 e. The van der Waals surface area contributed by atoms with Crippen molar-refractivity contribution in [3.8, 4) is 0 Å². The average molecular weight is 452 g/mol. The lowest BCUT2D eigenvalue weighted by atomic mass is 9.94. The van der Waals surface area contributed by atoms with Gasteiger partial charge in [0.25, 0.3) is 0 Å². The van der Waals surface area contributed by atoms with E-state index in [1.165, 1.54) is 12.4 Å². The summed E-state index contributed by atoms with van der Waals surface area (Å²) in [4.78, 5) is 22.2. The molecule has 2 aliphatic rings. The van der Waals surface area contributed by atoms with Gasteiger partial charge in [0, 0.05) is 26.0 Å². The Morgan fingerprint density at radius 3 is 2.39 bits per heavy atom. The fraction of sp³-hybridized carbons (Fsp3) is 0.682. The summed E-state index contributed by atoms with van der Waals surface area (Å²) in [6.07, 6.45) is 10.4. The monoisotopic (exact) mass is 451 g/mol. The SMILES string of the molecule is CC(C)(C)OC(=O)N1CCC(COC2CC=C(c3cnc(S(C)(=O)=O)cn3)CC2)CC1. The van der Waals surface area contributed by atoms with Crippen molar-refractivity contribution < 1.29 is 22.7 Å². The fourth-order valence-electron chi connectivity index (χ4n) is 3.75. The molecule has 1 atom stereocenters. The van der Waals surface area contributed by atoms with Crippen molar-refractivity contribution in [3.63, 3.8) is 0 Å². The van der Waals surface area contributed by atoms with Crippen molar-refractivity contribution in [1.82, 2.24) is 14.9 Å². The molecule has 9 heteroatoms. The number of aromatic nitrogens is 2. The number of piperidine rings is 1. The van der Waals surface area contributed by atoms with E-state index in [4.69, 9.17) is 9.47 Å². The average Bonchev–Trinajstić information content (AvgIpc) is 2.71. The molecule has 0 bridgehead atoms. The summed E-state index contributed by atoms with van der Waals surface area (Å²) < 4.78 is 34.6. The molecular weight excluding hydrogens is 418 g/mol. The van der Waals surface area contributed by atoms with Crippen LogP contribution in [0.25, 0.3) is 5.57 Å². The van der Waals surface area contributed by atoms with Crippen LogP contribution in [0.3, 0.4) is 0 Å². The van der Waals surface area contributed by atoms with Crippen LogP contribution >= 0.6 is 0 Å². The lowest BCUT2D eigenvalue weighted by Gasteiger charge is -2.34. The van der Waals surface area contributed by atoms with E-state index in [1.54, 1.807) is 4.90 Å². The van der Waals surface area contributed by atoms with Crippen LogP contribution in [0.5, 0.6) is 0 Å². The van der Waals surface area contributed by atoms with Gasteiger partial charge in [0.15, 0.2) is 14.9 Å². The third-order valence-corrected chi connectivity index (χ3v) is 6.50. The Kier molecular flexibility index (Phi) is 7.36. The minimum absolute atomic E-state index is 0.00779. The predicted molar refractivity (Wildman–Crippen MR) is 117 cm³/mol. The van der Waals surface area contributed by atoms with E-state index in [0.717, 1.165) is 49.6 Å². The van der Waals surface area contributed by atoms with Crippen LogP contribution in [-0.2, 0) is 19.3 Å². The number of carbonyl (C=O) groups is 1. The molecule has 0 N–H and O–H groups in total. The minimum Gasteiger partial charge on any atom is -0.444 e. The van der Waals surface area contributed by atoms with Crippen LogP contribution in [0, 0.1) is 5.92 Å². The highest BCUT2D eigenvalue weighted by Gasteiger charge is 2.27.